The fourth-order valence-electron chi connectivity index (χ4n) is 2.96. The highest BCUT2D eigenvalue weighted by Crippen LogP contribution is 2.35. The van der Waals surface area contributed by atoms with Crippen molar-refractivity contribution in [3.63, 3.8) is 0 Å². The van der Waals surface area contributed by atoms with E-state index in [-0.39, 0.29) is 0 Å². The lowest BCUT2D eigenvalue weighted by atomic mass is 10.1. The van der Waals surface area contributed by atoms with Gasteiger partial charge in [0.05, 0.1) is 13.7 Å². The van der Waals surface area contributed by atoms with Crippen LogP contribution in [0.15, 0.2) is 65.1 Å². The van der Waals surface area contributed by atoms with Crippen molar-refractivity contribution in [3.05, 3.63) is 81.8 Å². The molecule has 0 heterocycles. The molecule has 0 aliphatic heterocycles. The molecule has 3 aromatic rings. The van der Waals surface area contributed by atoms with Crippen LogP contribution in [0.2, 0.25) is 0 Å². The molecule has 1 N–H and O–H groups in total. The van der Waals surface area contributed by atoms with Crippen molar-refractivity contribution in [2.24, 2.45) is 0 Å². The molecule has 29 heavy (non-hydrogen) atoms. The molecule has 0 bridgehead atoms. The molecule has 0 atom stereocenters. The van der Waals surface area contributed by atoms with Crippen LogP contribution in [-0.2, 0) is 13.2 Å². The first kappa shape index (κ1) is 21.1. The summed E-state index contributed by atoms with van der Waals surface area (Å²) in [6.07, 6.45) is 0. The zero-order valence-corrected chi connectivity index (χ0v) is 18.6. The van der Waals surface area contributed by atoms with Crippen LogP contribution < -0.4 is 19.5 Å². The first-order valence-electron chi connectivity index (χ1n) is 9.60. The van der Waals surface area contributed by atoms with Gasteiger partial charge >= 0.3 is 0 Å². The highest BCUT2D eigenvalue weighted by Gasteiger charge is 2.11. The van der Waals surface area contributed by atoms with Crippen LogP contribution in [0.5, 0.6) is 17.2 Å². The Morgan fingerprint density at radius 2 is 1.69 bits per heavy atom. The van der Waals surface area contributed by atoms with Gasteiger partial charge in [0.2, 0.25) is 0 Å². The van der Waals surface area contributed by atoms with Crippen molar-refractivity contribution in [2.45, 2.75) is 27.0 Å². The van der Waals surface area contributed by atoms with E-state index in [2.05, 4.69) is 46.4 Å². The summed E-state index contributed by atoms with van der Waals surface area (Å²) in [5.41, 5.74) is 4.47. The minimum absolute atomic E-state index is 0.498. The van der Waals surface area contributed by atoms with Crippen LogP contribution in [0.4, 0.5) is 5.69 Å². The number of nitrogens with one attached hydrogen (secondary N) is 1. The second-order valence-corrected chi connectivity index (χ2v) is 7.54. The van der Waals surface area contributed by atoms with Gasteiger partial charge in [0.25, 0.3) is 0 Å². The predicted molar refractivity (Wildman–Crippen MR) is 121 cm³/mol. The fourth-order valence-corrected chi connectivity index (χ4v) is 3.43. The van der Waals surface area contributed by atoms with Crippen molar-refractivity contribution in [2.75, 3.05) is 19.0 Å². The van der Waals surface area contributed by atoms with Crippen molar-refractivity contribution in [1.29, 1.82) is 0 Å². The topological polar surface area (TPSA) is 39.7 Å². The van der Waals surface area contributed by atoms with Gasteiger partial charge in [-0.25, -0.2) is 0 Å². The molecule has 5 heteroatoms. The van der Waals surface area contributed by atoms with E-state index < -0.39 is 0 Å². The third-order valence-corrected chi connectivity index (χ3v) is 5.20. The summed E-state index contributed by atoms with van der Waals surface area (Å²) in [6.45, 7) is 5.79. The number of hydrogen-bond donors (Lipinski definition) is 1. The normalized spacial score (nSPS) is 10.5. The largest absolute Gasteiger partial charge is 0.497 e. The first-order valence-corrected chi connectivity index (χ1v) is 10.4. The number of anilines is 1. The van der Waals surface area contributed by atoms with E-state index in [0.717, 1.165) is 38.5 Å². The minimum atomic E-state index is 0.498. The van der Waals surface area contributed by atoms with Gasteiger partial charge in [-0.2, -0.15) is 0 Å². The van der Waals surface area contributed by atoms with Gasteiger partial charge in [-0.1, -0.05) is 45.8 Å². The highest BCUT2D eigenvalue weighted by atomic mass is 79.9. The second-order valence-electron chi connectivity index (χ2n) is 6.68. The third kappa shape index (κ3) is 5.91. The maximum absolute atomic E-state index is 6.07. The number of benzene rings is 3. The average molecular weight is 456 g/mol. The maximum atomic E-state index is 6.07. The third-order valence-electron chi connectivity index (χ3n) is 4.46. The van der Waals surface area contributed by atoms with E-state index >= 15 is 0 Å². The van der Waals surface area contributed by atoms with E-state index in [4.69, 9.17) is 14.2 Å². The van der Waals surface area contributed by atoms with Crippen LogP contribution in [0, 0.1) is 6.92 Å². The second kappa shape index (κ2) is 10.2. The molecule has 0 spiro atoms. The molecule has 0 aromatic heterocycles. The van der Waals surface area contributed by atoms with E-state index in [1.165, 1.54) is 5.56 Å². The Hall–Kier alpha value is -2.66. The summed E-state index contributed by atoms with van der Waals surface area (Å²) in [5, 5.41) is 3.42. The van der Waals surface area contributed by atoms with Crippen LogP contribution in [0.3, 0.4) is 0 Å². The van der Waals surface area contributed by atoms with Gasteiger partial charge in [0, 0.05) is 16.7 Å². The van der Waals surface area contributed by atoms with Crippen LogP contribution >= 0.6 is 15.9 Å². The lowest BCUT2D eigenvalue weighted by molar-refractivity contribution is 0.269. The lowest BCUT2D eigenvalue weighted by Gasteiger charge is -2.16. The van der Waals surface area contributed by atoms with Crippen LogP contribution in [-0.4, -0.2) is 13.7 Å². The van der Waals surface area contributed by atoms with Gasteiger partial charge in [0.1, 0.15) is 12.4 Å². The van der Waals surface area contributed by atoms with E-state index in [0.29, 0.717) is 19.8 Å². The molecule has 3 rings (SSSR count). The molecule has 3 aromatic carbocycles. The van der Waals surface area contributed by atoms with Crippen molar-refractivity contribution in [3.8, 4) is 17.2 Å². The van der Waals surface area contributed by atoms with Gasteiger partial charge < -0.3 is 19.5 Å². The molecule has 0 fully saturated rings. The molecule has 0 aliphatic carbocycles. The van der Waals surface area contributed by atoms with Gasteiger partial charge in [-0.3, -0.25) is 0 Å². The first-order chi connectivity index (χ1) is 14.1. The maximum Gasteiger partial charge on any atom is 0.162 e. The molecule has 0 unspecified atom stereocenters. The molecule has 0 amide bonds. The van der Waals surface area contributed by atoms with E-state index in [1.54, 1.807) is 7.11 Å². The number of ether oxygens (including phenoxy) is 3. The Kier molecular flexibility index (Phi) is 7.42. The summed E-state index contributed by atoms with van der Waals surface area (Å²) in [7, 11) is 1.66. The van der Waals surface area contributed by atoms with Crippen molar-refractivity contribution >= 4 is 21.6 Å². The Morgan fingerprint density at radius 3 is 2.38 bits per heavy atom. The Morgan fingerprint density at radius 1 is 0.931 bits per heavy atom. The van der Waals surface area contributed by atoms with Crippen LogP contribution in [0.1, 0.15) is 23.6 Å². The molecule has 4 nitrogen and oxygen atoms in total. The molecule has 0 saturated carbocycles. The highest BCUT2D eigenvalue weighted by molar-refractivity contribution is 9.10. The standard InChI is InChI=1S/C24H26BrNO3/c1-4-28-23-13-19(15-26-20-8-10-21(27-3)11-9-20)22(25)14-24(23)29-16-18-7-5-6-17(2)12-18/h5-14,26H,4,15-16H2,1-3H3. The summed E-state index contributed by atoms with van der Waals surface area (Å²) in [5.74, 6) is 2.31. The zero-order valence-electron chi connectivity index (χ0n) is 17.0. The monoisotopic (exact) mass is 455 g/mol. The molecular formula is C24H26BrNO3. The summed E-state index contributed by atoms with van der Waals surface area (Å²) in [4.78, 5) is 0. The molecule has 0 saturated heterocycles. The quantitative estimate of drug-likeness (QED) is 0.407. The molecule has 152 valence electrons. The number of hydrogen-bond acceptors (Lipinski definition) is 4. The van der Waals surface area contributed by atoms with Gasteiger partial charge in [-0.05, 0) is 61.4 Å². The Bertz CT molecular complexity index is 941. The summed E-state index contributed by atoms with van der Waals surface area (Å²) >= 11 is 3.67. The molecule has 0 aliphatic rings. The van der Waals surface area contributed by atoms with Crippen molar-refractivity contribution in [1.82, 2.24) is 0 Å². The average Bonchev–Trinajstić information content (AvgIpc) is 2.73. The Labute approximate surface area is 180 Å². The Balaban J connectivity index is 1.72. The van der Waals surface area contributed by atoms with Crippen LogP contribution in [0.25, 0.3) is 0 Å². The van der Waals surface area contributed by atoms with E-state index in [9.17, 15) is 0 Å². The minimum Gasteiger partial charge on any atom is -0.497 e. The number of aryl methyl sites for hydroxylation is 1. The van der Waals surface area contributed by atoms with Gasteiger partial charge in [-0.15, -0.1) is 0 Å². The smallest absolute Gasteiger partial charge is 0.162 e. The summed E-state index contributed by atoms with van der Waals surface area (Å²) in [6, 6.07) is 20.2. The SMILES string of the molecule is CCOc1cc(CNc2ccc(OC)cc2)c(Br)cc1OCc1cccc(C)c1. The number of rotatable bonds is 9. The van der Waals surface area contributed by atoms with E-state index in [1.807, 2.05) is 49.4 Å². The zero-order chi connectivity index (χ0) is 20.6. The predicted octanol–water partition coefficient (Wildman–Crippen LogP) is 6.36. The summed E-state index contributed by atoms with van der Waals surface area (Å²) < 4.78 is 18.1. The fraction of sp³-hybridized carbons (Fsp3) is 0.250. The number of halogens is 1. The number of methoxy groups -OCH3 is 1. The van der Waals surface area contributed by atoms with Crippen molar-refractivity contribution < 1.29 is 14.2 Å². The lowest BCUT2D eigenvalue weighted by Crippen LogP contribution is -2.04. The van der Waals surface area contributed by atoms with Gasteiger partial charge in [0.15, 0.2) is 11.5 Å². The molecule has 0 radical (unpaired) electrons. The molecular weight excluding hydrogens is 430 g/mol.